The number of rotatable bonds is 7. The molecule has 1 amide bonds. The Morgan fingerprint density at radius 2 is 1.83 bits per heavy atom. The number of aromatic amines is 1. The zero-order valence-electron chi connectivity index (χ0n) is 24.7. The van der Waals surface area contributed by atoms with Crippen LogP contribution in [-0.2, 0) is 25.9 Å². The van der Waals surface area contributed by atoms with Crippen LogP contribution in [0.1, 0.15) is 68.9 Å². The Bertz CT molecular complexity index is 1280. The van der Waals surface area contributed by atoms with Crippen molar-refractivity contribution in [2.45, 2.75) is 59.2 Å². The molecule has 0 unspecified atom stereocenters. The maximum Gasteiger partial charge on any atom is 0.433 e. The van der Waals surface area contributed by atoms with Crippen molar-refractivity contribution in [1.82, 2.24) is 20.0 Å². The number of ether oxygens (including phenoxy) is 3. The topological polar surface area (TPSA) is 97.0 Å². The van der Waals surface area contributed by atoms with Crippen molar-refractivity contribution in [3.8, 4) is 5.75 Å². The number of aromatic nitrogens is 2. The van der Waals surface area contributed by atoms with Gasteiger partial charge in [0.2, 0.25) is 0 Å². The van der Waals surface area contributed by atoms with Crippen molar-refractivity contribution in [2.24, 2.45) is 0 Å². The highest BCUT2D eigenvalue weighted by atomic mass is 19.4. The molecule has 1 N–H and O–H groups in total. The highest BCUT2D eigenvalue weighted by Crippen LogP contribution is 2.42. The van der Waals surface area contributed by atoms with Crippen LogP contribution >= 0.6 is 0 Å². The van der Waals surface area contributed by atoms with E-state index in [1.807, 2.05) is 18.9 Å². The molecule has 42 heavy (non-hydrogen) atoms. The first kappa shape index (κ1) is 33.1. The number of nitrogens with one attached hydrogen (secondary N) is 1. The molecule has 4 rings (SSSR count). The molecule has 0 spiro atoms. The van der Waals surface area contributed by atoms with Crippen molar-refractivity contribution in [2.75, 3.05) is 46.0 Å². The summed E-state index contributed by atoms with van der Waals surface area (Å²) in [6, 6.07) is 3.70. The fourth-order valence-corrected chi connectivity index (χ4v) is 4.75. The van der Waals surface area contributed by atoms with Gasteiger partial charge in [0, 0.05) is 48.9 Å². The molecule has 0 radical (unpaired) electrons. The quantitative estimate of drug-likeness (QED) is 0.353. The van der Waals surface area contributed by atoms with Crippen LogP contribution in [0.5, 0.6) is 5.75 Å². The van der Waals surface area contributed by atoms with Gasteiger partial charge in [-0.1, -0.05) is 27.7 Å². The monoisotopic (exact) mass is 598 g/mol. The largest absolute Gasteiger partial charge is 0.489 e. The van der Waals surface area contributed by atoms with Gasteiger partial charge in [0.1, 0.15) is 23.6 Å². The number of benzene rings is 1. The number of morpholine rings is 1. The number of nitrogens with zero attached hydrogens (tertiary/aromatic N) is 3. The van der Waals surface area contributed by atoms with E-state index in [1.54, 1.807) is 13.8 Å². The Hall–Kier alpha value is -3.45. The maximum absolute atomic E-state index is 14.9. The number of esters is 1. The van der Waals surface area contributed by atoms with Gasteiger partial charge in [0.05, 0.1) is 19.3 Å². The van der Waals surface area contributed by atoms with Gasteiger partial charge in [-0.15, -0.1) is 0 Å². The molecule has 2 aliphatic rings. The van der Waals surface area contributed by atoms with E-state index in [9.17, 15) is 27.2 Å². The summed E-state index contributed by atoms with van der Waals surface area (Å²) in [4.78, 5) is 29.7. The van der Waals surface area contributed by atoms with Crippen LogP contribution < -0.4 is 4.74 Å². The third-order valence-corrected chi connectivity index (χ3v) is 6.60. The number of carbonyl (C=O) groups excluding carboxylic acids is 2. The molecule has 1 aromatic carbocycles. The molecule has 2 aliphatic heterocycles. The number of carbonyl (C=O) groups is 2. The molecule has 232 valence electrons. The normalized spacial score (nSPS) is 17.0. The van der Waals surface area contributed by atoms with Crippen LogP contribution in [0.4, 0.5) is 17.6 Å². The molecular formula is C29H38F4N4O5. The van der Waals surface area contributed by atoms with Gasteiger partial charge in [-0.2, -0.15) is 18.3 Å². The lowest BCUT2D eigenvalue weighted by Gasteiger charge is -2.30. The van der Waals surface area contributed by atoms with Crippen LogP contribution in [-0.4, -0.2) is 84.0 Å². The molecule has 0 bridgehead atoms. The number of hydrogen-bond acceptors (Lipinski definition) is 7. The van der Waals surface area contributed by atoms with Crippen molar-refractivity contribution in [3.05, 3.63) is 52.7 Å². The Labute approximate surface area is 242 Å². The first-order valence-corrected chi connectivity index (χ1v) is 13.9. The molecule has 0 aliphatic carbocycles. The van der Waals surface area contributed by atoms with Gasteiger partial charge in [0.15, 0.2) is 11.6 Å². The van der Waals surface area contributed by atoms with Gasteiger partial charge < -0.3 is 19.1 Å². The van der Waals surface area contributed by atoms with E-state index in [0.717, 1.165) is 30.3 Å². The van der Waals surface area contributed by atoms with E-state index in [4.69, 9.17) is 14.2 Å². The predicted molar refractivity (Wildman–Crippen MR) is 147 cm³/mol. The number of hydrogen-bond donors (Lipinski definition) is 1. The van der Waals surface area contributed by atoms with Crippen LogP contribution in [0.2, 0.25) is 0 Å². The van der Waals surface area contributed by atoms with Gasteiger partial charge in [-0.25, -0.2) is 9.18 Å². The molecule has 3 heterocycles. The average molecular weight is 599 g/mol. The molecule has 1 saturated heterocycles. The first-order chi connectivity index (χ1) is 19.8. The number of alkyl halides is 3. The second-order valence-corrected chi connectivity index (χ2v) is 10.6. The van der Waals surface area contributed by atoms with Crippen molar-refractivity contribution < 1.29 is 41.4 Å². The lowest BCUT2D eigenvalue weighted by Crippen LogP contribution is -2.38. The molecule has 13 heteroatoms. The van der Waals surface area contributed by atoms with Crippen LogP contribution in [0, 0.1) is 5.82 Å². The minimum absolute atomic E-state index is 0.0346. The second kappa shape index (κ2) is 13.7. The lowest BCUT2D eigenvalue weighted by molar-refractivity contribution is -0.142. The van der Waals surface area contributed by atoms with Gasteiger partial charge in [-0.3, -0.25) is 14.8 Å². The van der Waals surface area contributed by atoms with E-state index in [0.29, 0.717) is 19.8 Å². The van der Waals surface area contributed by atoms with Gasteiger partial charge in [0.25, 0.3) is 5.91 Å². The summed E-state index contributed by atoms with van der Waals surface area (Å²) in [5, 5.41) is 5.81. The minimum Gasteiger partial charge on any atom is -0.489 e. The number of amides is 1. The Balaban J connectivity index is 0.00000237. The first-order valence-electron chi connectivity index (χ1n) is 13.9. The van der Waals surface area contributed by atoms with E-state index >= 15 is 0 Å². The van der Waals surface area contributed by atoms with E-state index < -0.39 is 41.1 Å². The molecule has 1 fully saturated rings. The minimum atomic E-state index is -4.79. The third-order valence-electron chi connectivity index (χ3n) is 6.60. The zero-order valence-corrected chi connectivity index (χ0v) is 24.7. The van der Waals surface area contributed by atoms with Crippen LogP contribution in [0.3, 0.4) is 0 Å². The number of fused-ring (bicyclic) bond motifs is 1. The molecule has 1 aromatic heterocycles. The molecular weight excluding hydrogens is 560 g/mol. The number of H-pyrrole nitrogens is 1. The highest BCUT2D eigenvalue weighted by Gasteiger charge is 2.46. The molecule has 0 atom stereocenters. The van der Waals surface area contributed by atoms with Crippen molar-refractivity contribution >= 4 is 17.4 Å². The highest BCUT2D eigenvalue weighted by molar-refractivity contribution is 6.17. The van der Waals surface area contributed by atoms with E-state index in [2.05, 4.69) is 10.00 Å². The van der Waals surface area contributed by atoms with E-state index in [-0.39, 0.29) is 41.3 Å². The smallest absolute Gasteiger partial charge is 0.433 e. The van der Waals surface area contributed by atoms with Gasteiger partial charge in [-0.05, 0) is 32.0 Å². The predicted octanol–water partition coefficient (Wildman–Crippen LogP) is 5.03. The SMILES string of the molecule is CC.CC(C)OC(=O)C1=CN(C(=O)c2ccc(OCCN3CCOCC3)c(F)c2)CC(C)(C)c2c1n[nH]c2C(F)(F)F. The number of halogens is 4. The van der Waals surface area contributed by atoms with Crippen molar-refractivity contribution in [3.63, 3.8) is 0 Å². The zero-order chi connectivity index (χ0) is 31.2. The van der Waals surface area contributed by atoms with Gasteiger partial charge >= 0.3 is 12.1 Å². The summed E-state index contributed by atoms with van der Waals surface area (Å²) in [6.45, 7) is 13.5. The summed E-state index contributed by atoms with van der Waals surface area (Å²) >= 11 is 0. The molecule has 9 nitrogen and oxygen atoms in total. The maximum atomic E-state index is 14.9. The summed E-state index contributed by atoms with van der Waals surface area (Å²) in [6.07, 6.45) is -4.25. The van der Waals surface area contributed by atoms with E-state index in [1.165, 1.54) is 26.0 Å². The summed E-state index contributed by atoms with van der Waals surface area (Å²) in [7, 11) is 0. The Kier molecular flexibility index (Phi) is 10.8. The fourth-order valence-electron chi connectivity index (χ4n) is 4.75. The fraction of sp³-hybridized carbons (Fsp3) is 0.552. The van der Waals surface area contributed by atoms with Crippen LogP contribution in [0.15, 0.2) is 24.4 Å². The average Bonchev–Trinajstić information content (AvgIpc) is 3.35. The molecule has 2 aromatic rings. The summed E-state index contributed by atoms with van der Waals surface area (Å²) < 4.78 is 72.6. The summed E-state index contributed by atoms with van der Waals surface area (Å²) in [5.74, 6) is -2.46. The molecule has 0 saturated carbocycles. The Morgan fingerprint density at radius 1 is 1.17 bits per heavy atom. The summed E-state index contributed by atoms with van der Waals surface area (Å²) in [5.41, 5.74) is -3.34. The Morgan fingerprint density at radius 3 is 2.43 bits per heavy atom. The third kappa shape index (κ3) is 7.68. The second-order valence-electron chi connectivity index (χ2n) is 10.6. The van der Waals surface area contributed by atoms with Crippen molar-refractivity contribution in [1.29, 1.82) is 0 Å². The standard InChI is InChI=1S/C27H32F4N4O5.C2H6/c1-16(2)40-25(37)18-14-35(15-26(3,4)21-22(18)32-33-23(21)27(29,30)31)24(36)17-5-6-20(19(28)13-17)39-12-9-34-7-10-38-11-8-34;1-2/h5-6,13-14,16H,7-12,15H2,1-4H3,(H,32,33);1-2H3. The lowest BCUT2D eigenvalue weighted by atomic mass is 9.81. The van der Waals surface area contributed by atoms with Crippen LogP contribution in [0.25, 0.3) is 5.57 Å².